The minimum Gasteiger partial charge on any atom is -0.478 e. The van der Waals surface area contributed by atoms with Gasteiger partial charge >= 0.3 is 5.97 Å². The van der Waals surface area contributed by atoms with E-state index in [-0.39, 0.29) is 11.6 Å². The lowest BCUT2D eigenvalue weighted by Crippen LogP contribution is -2.41. The molecule has 0 amide bonds. The molecule has 2 aromatic heterocycles. The van der Waals surface area contributed by atoms with Crippen molar-refractivity contribution < 1.29 is 9.90 Å². The van der Waals surface area contributed by atoms with Gasteiger partial charge in [0.05, 0.1) is 23.1 Å². The second kappa shape index (κ2) is 8.50. The number of aromatic carboxylic acids is 1. The van der Waals surface area contributed by atoms with E-state index in [2.05, 4.69) is 42.3 Å². The molecule has 3 aliphatic rings. The Morgan fingerprint density at radius 3 is 2.74 bits per heavy atom. The van der Waals surface area contributed by atoms with Crippen LogP contribution >= 0.6 is 0 Å². The number of fused-ring (bicyclic) bond motifs is 2. The first-order chi connectivity index (χ1) is 17.0. The predicted molar refractivity (Wildman–Crippen MR) is 137 cm³/mol. The van der Waals surface area contributed by atoms with Gasteiger partial charge in [0, 0.05) is 42.6 Å². The molecule has 7 nitrogen and oxygen atoms in total. The molecule has 3 aliphatic heterocycles. The number of carbonyl (C=O) groups is 1. The number of hydrogen-bond donors (Lipinski definition) is 2. The number of carboxylic acids is 1. The summed E-state index contributed by atoms with van der Waals surface area (Å²) < 4.78 is 1.99. The SMILES string of the molecule is CCC1c2cc(C)cc(c2)-c2cnc3ccn(c3n2)-c2ccc(C(=O)O)c(c2)NC2CCN1CC2. The van der Waals surface area contributed by atoms with Crippen molar-refractivity contribution in [3.8, 4) is 16.9 Å². The quantitative estimate of drug-likeness (QED) is 0.409. The van der Waals surface area contributed by atoms with E-state index in [1.54, 1.807) is 6.07 Å². The Labute approximate surface area is 204 Å². The third kappa shape index (κ3) is 3.86. The normalized spacial score (nSPS) is 21.3. The van der Waals surface area contributed by atoms with Crippen LogP contribution in [0.3, 0.4) is 0 Å². The van der Waals surface area contributed by atoms with Crippen molar-refractivity contribution >= 4 is 22.8 Å². The minimum atomic E-state index is -0.926. The van der Waals surface area contributed by atoms with Crippen LogP contribution in [0.5, 0.6) is 0 Å². The molecule has 7 rings (SSSR count). The van der Waals surface area contributed by atoms with Gasteiger partial charge in [-0.15, -0.1) is 0 Å². The van der Waals surface area contributed by atoms with Gasteiger partial charge < -0.3 is 10.4 Å². The zero-order valence-corrected chi connectivity index (χ0v) is 20.0. The molecule has 5 heterocycles. The Morgan fingerprint density at radius 2 is 1.97 bits per heavy atom. The molecule has 4 aromatic rings. The van der Waals surface area contributed by atoms with Crippen molar-refractivity contribution in [2.24, 2.45) is 0 Å². The molecule has 178 valence electrons. The van der Waals surface area contributed by atoms with E-state index in [9.17, 15) is 9.90 Å². The van der Waals surface area contributed by atoms with Crippen molar-refractivity contribution in [3.05, 3.63) is 71.5 Å². The highest BCUT2D eigenvalue weighted by Crippen LogP contribution is 2.33. The van der Waals surface area contributed by atoms with Crippen molar-refractivity contribution in [3.63, 3.8) is 0 Å². The molecule has 7 heteroatoms. The summed E-state index contributed by atoms with van der Waals surface area (Å²) >= 11 is 0. The fourth-order valence-electron chi connectivity index (χ4n) is 5.67. The molecule has 1 fully saturated rings. The van der Waals surface area contributed by atoms with Gasteiger partial charge in [0.2, 0.25) is 0 Å². The molecule has 1 unspecified atom stereocenters. The van der Waals surface area contributed by atoms with Crippen LogP contribution in [0.25, 0.3) is 28.1 Å². The zero-order valence-electron chi connectivity index (χ0n) is 20.0. The molecule has 35 heavy (non-hydrogen) atoms. The van der Waals surface area contributed by atoms with Crippen LogP contribution in [0.15, 0.2) is 54.9 Å². The Balaban J connectivity index is 1.58. The summed E-state index contributed by atoms with van der Waals surface area (Å²) in [5, 5.41) is 13.4. The average molecular weight is 468 g/mol. The van der Waals surface area contributed by atoms with Crippen LogP contribution < -0.4 is 5.32 Å². The number of carboxylic acid groups (broad SMARTS) is 1. The highest BCUT2D eigenvalue weighted by Gasteiger charge is 2.27. The van der Waals surface area contributed by atoms with Crippen molar-refractivity contribution in [2.75, 3.05) is 18.4 Å². The second-order valence-corrected chi connectivity index (χ2v) is 9.70. The van der Waals surface area contributed by atoms with Gasteiger partial charge in [-0.25, -0.2) is 9.78 Å². The maximum Gasteiger partial charge on any atom is 0.337 e. The van der Waals surface area contributed by atoms with Gasteiger partial charge in [0.15, 0.2) is 5.65 Å². The number of nitrogens with zero attached hydrogens (tertiary/aromatic N) is 4. The van der Waals surface area contributed by atoms with E-state index in [1.807, 2.05) is 35.2 Å². The average Bonchev–Trinajstić information content (AvgIpc) is 3.28. The Morgan fingerprint density at radius 1 is 1.14 bits per heavy atom. The molecular weight excluding hydrogens is 438 g/mol. The topological polar surface area (TPSA) is 83.3 Å². The van der Waals surface area contributed by atoms with Crippen LogP contribution in [0.1, 0.15) is 53.7 Å². The van der Waals surface area contributed by atoms with Crippen LogP contribution in [0, 0.1) is 6.92 Å². The molecular formula is C28H29N5O2. The standard InChI is InChI=1S/C28H29N5O2/c1-3-26-19-13-17(2)12-18(14-19)25-16-29-23-8-11-33(27(23)31-25)21-4-5-22(28(34)35)24(15-21)30-20-6-9-32(26)10-7-20/h4-5,8,11-16,20,26,30H,3,6-7,9-10H2,1-2H3,(H,34,35). The summed E-state index contributed by atoms with van der Waals surface area (Å²) in [6.07, 6.45) is 6.76. The number of piperidine rings is 1. The molecule has 0 radical (unpaired) electrons. The fraction of sp³-hybridized carbons (Fsp3) is 0.321. The molecule has 1 saturated heterocycles. The number of benzene rings is 2. The first kappa shape index (κ1) is 21.8. The second-order valence-electron chi connectivity index (χ2n) is 9.70. The van der Waals surface area contributed by atoms with Crippen LogP contribution in [-0.2, 0) is 0 Å². The number of rotatable bonds is 2. The van der Waals surface area contributed by atoms with Crippen molar-refractivity contribution in [1.82, 2.24) is 19.4 Å². The summed E-state index contributed by atoms with van der Waals surface area (Å²) in [6, 6.07) is 14.7. The lowest BCUT2D eigenvalue weighted by atomic mass is 9.94. The lowest BCUT2D eigenvalue weighted by Gasteiger charge is -2.38. The molecule has 0 saturated carbocycles. The molecule has 8 bridgehead atoms. The summed E-state index contributed by atoms with van der Waals surface area (Å²) in [6.45, 7) is 6.33. The molecule has 0 spiro atoms. The smallest absolute Gasteiger partial charge is 0.337 e. The first-order valence-corrected chi connectivity index (χ1v) is 12.3. The summed E-state index contributed by atoms with van der Waals surface area (Å²) in [5.74, 6) is -0.926. The largest absolute Gasteiger partial charge is 0.478 e. The van der Waals surface area contributed by atoms with Gasteiger partial charge in [-0.1, -0.05) is 18.6 Å². The predicted octanol–water partition coefficient (Wildman–Crippen LogP) is 5.44. The van der Waals surface area contributed by atoms with E-state index in [1.165, 1.54) is 11.1 Å². The monoisotopic (exact) mass is 467 g/mol. The highest BCUT2D eigenvalue weighted by molar-refractivity contribution is 5.95. The third-order valence-corrected chi connectivity index (χ3v) is 7.40. The number of nitrogens with one attached hydrogen (secondary N) is 1. The third-order valence-electron chi connectivity index (χ3n) is 7.40. The van der Waals surface area contributed by atoms with Gasteiger partial charge in [-0.2, -0.15) is 0 Å². The van der Waals surface area contributed by atoms with Crippen LogP contribution in [0.4, 0.5) is 5.69 Å². The van der Waals surface area contributed by atoms with Gasteiger partial charge in [0.25, 0.3) is 0 Å². The summed E-state index contributed by atoms with van der Waals surface area (Å²) in [7, 11) is 0. The molecule has 1 atom stereocenters. The Hall–Kier alpha value is -3.71. The number of hydrogen-bond acceptors (Lipinski definition) is 5. The fourth-order valence-corrected chi connectivity index (χ4v) is 5.67. The van der Waals surface area contributed by atoms with Crippen molar-refractivity contribution in [1.29, 1.82) is 0 Å². The van der Waals surface area contributed by atoms with Crippen LogP contribution in [0.2, 0.25) is 0 Å². The highest BCUT2D eigenvalue weighted by atomic mass is 16.4. The van der Waals surface area contributed by atoms with E-state index >= 15 is 0 Å². The summed E-state index contributed by atoms with van der Waals surface area (Å²) in [4.78, 5) is 24.3. The van der Waals surface area contributed by atoms with Crippen LogP contribution in [-0.4, -0.2) is 49.6 Å². The molecule has 0 aliphatic carbocycles. The zero-order chi connectivity index (χ0) is 24.1. The maximum atomic E-state index is 12.0. The number of anilines is 1. The number of aryl methyl sites for hydroxylation is 1. The van der Waals surface area contributed by atoms with E-state index in [4.69, 9.17) is 9.97 Å². The summed E-state index contributed by atoms with van der Waals surface area (Å²) in [5.41, 5.74) is 7.81. The maximum absolute atomic E-state index is 12.0. The Kier molecular flexibility index (Phi) is 5.29. The van der Waals surface area contributed by atoms with E-state index in [0.717, 1.165) is 60.5 Å². The van der Waals surface area contributed by atoms with Gasteiger partial charge in [-0.05, 0) is 68.1 Å². The van der Waals surface area contributed by atoms with E-state index in [0.29, 0.717) is 11.7 Å². The Bertz CT molecular complexity index is 1430. The van der Waals surface area contributed by atoms with E-state index < -0.39 is 5.97 Å². The first-order valence-electron chi connectivity index (χ1n) is 12.3. The minimum absolute atomic E-state index is 0.228. The molecule has 2 aromatic carbocycles. The lowest BCUT2D eigenvalue weighted by molar-refractivity contribution is 0.0698. The number of aromatic nitrogens is 3. The van der Waals surface area contributed by atoms with Gasteiger partial charge in [-0.3, -0.25) is 14.5 Å². The molecule has 2 N–H and O–H groups in total. The van der Waals surface area contributed by atoms with Crippen molar-refractivity contribution in [2.45, 2.75) is 45.2 Å². The van der Waals surface area contributed by atoms with Gasteiger partial charge in [0.1, 0.15) is 5.52 Å².